The molecule has 1 saturated carbocycles. The van der Waals surface area contributed by atoms with Gasteiger partial charge in [-0.05, 0) is 36.3 Å². The molecule has 1 aromatic carbocycles. The fourth-order valence-electron chi connectivity index (χ4n) is 3.05. The number of aromatic nitrogens is 2. The Labute approximate surface area is 146 Å². The molecule has 4 rings (SSSR count). The third-order valence-corrected chi connectivity index (χ3v) is 4.75. The lowest BCUT2D eigenvalue weighted by molar-refractivity contribution is 0.0716. The monoisotopic (exact) mass is 339 g/mol. The molecular formula is C19H21N3O3. The molecule has 1 aromatic heterocycles. The third kappa shape index (κ3) is 3.64. The quantitative estimate of drug-likeness (QED) is 0.925. The maximum Gasteiger partial charge on any atom is 0.274 e. The number of fused-ring (bicyclic) bond motifs is 1. The standard InChI is InChI=1S/C19H21N3O3/c23-17-7-8-22(11-14-3-1-2-4-15(14)17)19(24)16-9-21-18(10-20-16)25-12-13-5-6-13/h1-4,9-10,13,17,23H,5-8,11-12H2. The van der Waals surface area contributed by atoms with Crippen LogP contribution in [0.1, 0.15) is 47.0 Å². The zero-order valence-electron chi connectivity index (χ0n) is 14.0. The van der Waals surface area contributed by atoms with E-state index in [9.17, 15) is 9.90 Å². The van der Waals surface area contributed by atoms with Gasteiger partial charge in [0.15, 0.2) is 0 Å². The Hall–Kier alpha value is -2.47. The van der Waals surface area contributed by atoms with Crippen LogP contribution in [0.25, 0.3) is 0 Å². The third-order valence-electron chi connectivity index (χ3n) is 4.75. The van der Waals surface area contributed by atoms with Crippen LogP contribution in [-0.2, 0) is 6.54 Å². The molecule has 2 heterocycles. The molecule has 2 aromatic rings. The molecule has 0 spiro atoms. The molecule has 1 unspecified atom stereocenters. The lowest BCUT2D eigenvalue weighted by Crippen LogP contribution is -2.31. The van der Waals surface area contributed by atoms with Crippen molar-refractivity contribution in [2.45, 2.75) is 31.9 Å². The van der Waals surface area contributed by atoms with E-state index < -0.39 is 6.10 Å². The molecule has 1 fully saturated rings. The maximum atomic E-state index is 12.8. The van der Waals surface area contributed by atoms with Crippen LogP contribution in [0.5, 0.6) is 5.88 Å². The highest BCUT2D eigenvalue weighted by molar-refractivity contribution is 5.92. The minimum atomic E-state index is -0.543. The molecule has 1 aliphatic carbocycles. The molecule has 1 N–H and O–H groups in total. The van der Waals surface area contributed by atoms with Crippen molar-refractivity contribution >= 4 is 5.91 Å². The SMILES string of the molecule is O=C(c1cnc(OCC2CC2)cn1)N1CCC(O)c2ccccc2C1. The molecule has 0 radical (unpaired) electrons. The van der Waals surface area contributed by atoms with Crippen molar-refractivity contribution in [1.82, 2.24) is 14.9 Å². The van der Waals surface area contributed by atoms with E-state index in [1.807, 2.05) is 24.3 Å². The molecule has 6 nitrogen and oxygen atoms in total. The molecule has 1 amide bonds. The van der Waals surface area contributed by atoms with E-state index in [2.05, 4.69) is 9.97 Å². The zero-order chi connectivity index (χ0) is 17.2. The summed E-state index contributed by atoms with van der Waals surface area (Å²) >= 11 is 0. The Bertz CT molecular complexity index is 759. The number of ether oxygens (including phenoxy) is 1. The van der Waals surface area contributed by atoms with Gasteiger partial charge in [-0.1, -0.05) is 24.3 Å². The first-order valence-electron chi connectivity index (χ1n) is 8.70. The van der Waals surface area contributed by atoms with Gasteiger partial charge >= 0.3 is 0 Å². The smallest absolute Gasteiger partial charge is 0.274 e. The van der Waals surface area contributed by atoms with E-state index in [-0.39, 0.29) is 5.91 Å². The van der Waals surface area contributed by atoms with Crippen molar-refractivity contribution in [1.29, 1.82) is 0 Å². The van der Waals surface area contributed by atoms with E-state index in [4.69, 9.17) is 4.74 Å². The van der Waals surface area contributed by atoms with Gasteiger partial charge in [0.2, 0.25) is 5.88 Å². The number of hydrogen-bond donors (Lipinski definition) is 1. The second-order valence-electron chi connectivity index (χ2n) is 6.72. The minimum Gasteiger partial charge on any atom is -0.476 e. The van der Waals surface area contributed by atoms with Crippen molar-refractivity contribution in [2.75, 3.05) is 13.2 Å². The number of aliphatic hydroxyl groups excluding tert-OH is 1. The van der Waals surface area contributed by atoms with Crippen molar-refractivity contribution in [3.63, 3.8) is 0 Å². The number of amides is 1. The van der Waals surface area contributed by atoms with Gasteiger partial charge in [-0.3, -0.25) is 4.79 Å². The zero-order valence-corrected chi connectivity index (χ0v) is 14.0. The van der Waals surface area contributed by atoms with Crippen LogP contribution in [0.4, 0.5) is 0 Å². The van der Waals surface area contributed by atoms with E-state index >= 15 is 0 Å². The largest absolute Gasteiger partial charge is 0.476 e. The minimum absolute atomic E-state index is 0.176. The molecule has 0 bridgehead atoms. The lowest BCUT2D eigenvalue weighted by atomic mass is 10.0. The molecule has 1 atom stereocenters. The van der Waals surface area contributed by atoms with Gasteiger partial charge in [0.05, 0.1) is 25.1 Å². The lowest BCUT2D eigenvalue weighted by Gasteiger charge is -2.20. The summed E-state index contributed by atoms with van der Waals surface area (Å²) in [6.45, 7) is 1.62. The predicted octanol–water partition coefficient (Wildman–Crippen LogP) is 2.34. The molecule has 25 heavy (non-hydrogen) atoms. The predicted molar refractivity (Wildman–Crippen MR) is 91.0 cm³/mol. The summed E-state index contributed by atoms with van der Waals surface area (Å²) < 4.78 is 5.56. The number of aliphatic hydroxyl groups is 1. The van der Waals surface area contributed by atoms with Gasteiger partial charge in [0.25, 0.3) is 5.91 Å². The topological polar surface area (TPSA) is 75.5 Å². The van der Waals surface area contributed by atoms with Crippen molar-refractivity contribution in [3.05, 3.63) is 53.5 Å². The maximum absolute atomic E-state index is 12.8. The Balaban J connectivity index is 1.46. The number of rotatable bonds is 4. The van der Waals surface area contributed by atoms with E-state index in [1.165, 1.54) is 25.2 Å². The summed E-state index contributed by atoms with van der Waals surface area (Å²) in [6.07, 6.45) is 5.38. The molecule has 0 saturated heterocycles. The Morgan fingerprint density at radius 1 is 1.20 bits per heavy atom. The molecule has 2 aliphatic rings. The van der Waals surface area contributed by atoms with E-state index in [0.717, 1.165) is 11.1 Å². The first kappa shape index (κ1) is 16.0. The van der Waals surface area contributed by atoms with E-state index in [0.29, 0.717) is 43.6 Å². The summed E-state index contributed by atoms with van der Waals surface area (Å²) in [5, 5.41) is 10.3. The fourth-order valence-corrected chi connectivity index (χ4v) is 3.05. The van der Waals surface area contributed by atoms with Crippen LogP contribution in [-0.4, -0.2) is 39.0 Å². The van der Waals surface area contributed by atoms with Crippen LogP contribution < -0.4 is 4.74 Å². The van der Waals surface area contributed by atoms with Crippen molar-refractivity contribution < 1.29 is 14.6 Å². The van der Waals surface area contributed by atoms with Crippen LogP contribution in [0.2, 0.25) is 0 Å². The molecule has 1 aliphatic heterocycles. The second kappa shape index (κ2) is 6.80. The molecular weight excluding hydrogens is 318 g/mol. The Morgan fingerprint density at radius 3 is 2.80 bits per heavy atom. The van der Waals surface area contributed by atoms with E-state index in [1.54, 1.807) is 4.90 Å². The van der Waals surface area contributed by atoms with Gasteiger partial charge in [0.1, 0.15) is 5.69 Å². The number of hydrogen-bond acceptors (Lipinski definition) is 5. The van der Waals surface area contributed by atoms with Crippen molar-refractivity contribution in [3.8, 4) is 5.88 Å². The summed E-state index contributed by atoms with van der Waals surface area (Å²) in [5.74, 6) is 0.928. The van der Waals surface area contributed by atoms with Gasteiger partial charge < -0.3 is 14.7 Å². The van der Waals surface area contributed by atoms with Crippen molar-refractivity contribution in [2.24, 2.45) is 5.92 Å². The highest BCUT2D eigenvalue weighted by atomic mass is 16.5. The first-order valence-corrected chi connectivity index (χ1v) is 8.70. The van der Waals surface area contributed by atoms with Crippen LogP contribution in [0.15, 0.2) is 36.7 Å². The highest BCUT2D eigenvalue weighted by Crippen LogP contribution is 2.29. The molecule has 6 heteroatoms. The number of carbonyl (C=O) groups excluding carboxylic acids is 1. The first-order chi connectivity index (χ1) is 12.2. The summed E-state index contributed by atoms with van der Waals surface area (Å²) in [7, 11) is 0. The fraction of sp³-hybridized carbons (Fsp3) is 0.421. The Kier molecular flexibility index (Phi) is 4.36. The van der Waals surface area contributed by atoms with Gasteiger partial charge in [0, 0.05) is 13.1 Å². The Morgan fingerprint density at radius 2 is 2.04 bits per heavy atom. The number of carbonyl (C=O) groups is 1. The summed E-state index contributed by atoms with van der Waals surface area (Å²) in [4.78, 5) is 22.9. The second-order valence-corrected chi connectivity index (χ2v) is 6.72. The number of nitrogens with zero attached hydrogens (tertiary/aromatic N) is 3. The summed E-state index contributed by atoms with van der Waals surface area (Å²) in [5.41, 5.74) is 2.17. The van der Waals surface area contributed by atoms with Crippen LogP contribution in [0.3, 0.4) is 0 Å². The van der Waals surface area contributed by atoms with Gasteiger partial charge in [-0.15, -0.1) is 0 Å². The van der Waals surface area contributed by atoms with Gasteiger partial charge in [-0.25, -0.2) is 9.97 Å². The van der Waals surface area contributed by atoms with Crippen LogP contribution in [0, 0.1) is 5.92 Å². The van der Waals surface area contributed by atoms with Crippen LogP contribution >= 0.6 is 0 Å². The average molecular weight is 339 g/mol. The average Bonchev–Trinajstić information content (AvgIpc) is 3.48. The summed E-state index contributed by atoms with van der Waals surface area (Å²) in [6, 6.07) is 7.70. The van der Waals surface area contributed by atoms with Gasteiger partial charge in [-0.2, -0.15) is 0 Å². The molecule has 130 valence electrons. The number of benzene rings is 1. The normalized spacial score (nSPS) is 19.9. The highest BCUT2D eigenvalue weighted by Gasteiger charge is 2.25.